The number of carbonyl (C=O) groups is 15. The summed E-state index contributed by atoms with van der Waals surface area (Å²) < 4.78 is 0. The number of carbonyl (C=O) groups excluding carboxylic acids is 13. The molecule has 0 aliphatic rings. The Morgan fingerprint density at radius 1 is 0.379 bits per heavy atom. The largest absolute Gasteiger partial charge is 0.508 e. The smallest absolute Gasteiger partial charge is 0.326 e. The molecule has 0 radical (unpaired) electrons. The van der Waals surface area contributed by atoms with Gasteiger partial charge in [-0.1, -0.05) is 181 Å². The molecule has 0 fully saturated rings. The Morgan fingerprint density at radius 2 is 0.724 bits per heavy atom. The van der Waals surface area contributed by atoms with Crippen LogP contribution in [-0.2, 0) is 104 Å². The minimum absolute atomic E-state index is 0.0448. The highest BCUT2D eigenvalue weighted by Crippen LogP contribution is 2.18. The van der Waals surface area contributed by atoms with Crippen LogP contribution in [0.4, 0.5) is 0 Å². The summed E-state index contributed by atoms with van der Waals surface area (Å²) in [6.07, 6.45) is -2.23. The van der Waals surface area contributed by atoms with Gasteiger partial charge in [0.05, 0.1) is 12.6 Å². The molecule has 116 heavy (non-hydrogen) atoms. The van der Waals surface area contributed by atoms with Crippen LogP contribution in [0.5, 0.6) is 5.75 Å². The fourth-order valence-corrected chi connectivity index (χ4v) is 12.3. The Hall–Kier alpha value is -11.8. The quantitative estimate of drug-likeness (QED) is 0.0184. The molecule has 13 atom stereocenters. The normalized spacial score (nSPS) is 14.5. The average Bonchev–Trinajstić information content (AvgIpc) is 0.844. The SMILES string of the molecule is CC[C@H](C)[C@H](NC(=O)[C@@H](NC(=O)[C@H](Cc1ccc(O)cc1)NC(=O)[C@H](CS)NC(=O)CNC(=O)[C@H](Cc1ccccc1)NC(=O)[C@@H](N)C(C)C)C(C)C)C(=O)N[C@@H](CCC(N)=O)C(=O)N[C@@H](CCCCN)C(=O)N[C@@H](Cc1ccccc1)C(=O)N[C@@H](Cc1ccccc1)C(=O)N[C@@H](CCC(=O)O)C(=O)N[C@@H](Cc1ccccc1)C(=O)O. The number of amides is 13. The molecule has 13 amide bonds. The van der Waals surface area contributed by atoms with Crippen molar-refractivity contribution in [3.8, 4) is 5.75 Å². The first-order valence-corrected chi connectivity index (χ1v) is 39.2. The Bertz CT molecular complexity index is 4100. The van der Waals surface area contributed by atoms with E-state index in [4.69, 9.17) is 17.2 Å². The number of benzene rings is 5. The first kappa shape index (κ1) is 94.8. The van der Waals surface area contributed by atoms with E-state index in [1.54, 1.807) is 163 Å². The number of carboxylic acid groups (broad SMARTS) is 2. The topological polar surface area (TPSA) is 539 Å². The number of nitrogens with two attached hydrogens (primary N) is 3. The lowest BCUT2D eigenvalue weighted by Crippen LogP contribution is -2.62. The lowest BCUT2D eigenvalue weighted by Gasteiger charge is -2.31. The van der Waals surface area contributed by atoms with E-state index in [-0.39, 0.29) is 75.3 Å². The van der Waals surface area contributed by atoms with Crippen molar-refractivity contribution in [1.29, 1.82) is 0 Å². The Labute approximate surface area is 679 Å². The highest BCUT2D eigenvalue weighted by molar-refractivity contribution is 7.80. The minimum Gasteiger partial charge on any atom is -0.508 e. The summed E-state index contributed by atoms with van der Waals surface area (Å²) in [5.74, 6) is -16.6. The molecule has 0 bridgehead atoms. The highest BCUT2D eigenvalue weighted by atomic mass is 32.1. The second-order valence-electron chi connectivity index (χ2n) is 29.1. The number of unbranched alkanes of at least 4 members (excludes halogenated alkanes) is 1. The summed E-state index contributed by atoms with van der Waals surface area (Å²) in [5.41, 5.74) is 20.3. The number of aromatic hydroxyl groups is 1. The fourth-order valence-electron chi connectivity index (χ4n) is 12.1. The van der Waals surface area contributed by atoms with Crippen molar-refractivity contribution < 1.29 is 87.2 Å². The molecule has 5 rings (SSSR count). The third-order valence-corrected chi connectivity index (χ3v) is 19.5. The van der Waals surface area contributed by atoms with Crippen molar-refractivity contribution in [2.45, 2.75) is 198 Å². The number of hydrogen-bond donors (Lipinski definition) is 19. The van der Waals surface area contributed by atoms with Gasteiger partial charge in [-0.3, -0.25) is 67.1 Å². The molecule has 34 heteroatoms. The maximum Gasteiger partial charge on any atom is 0.326 e. The zero-order valence-corrected chi connectivity index (χ0v) is 66.9. The van der Waals surface area contributed by atoms with Crippen LogP contribution >= 0.6 is 12.6 Å². The molecule has 0 unspecified atom stereocenters. The van der Waals surface area contributed by atoms with Crippen LogP contribution in [0.2, 0.25) is 0 Å². The lowest BCUT2D eigenvalue weighted by atomic mass is 9.95. The van der Waals surface area contributed by atoms with Crippen LogP contribution in [0.25, 0.3) is 0 Å². The first-order valence-electron chi connectivity index (χ1n) is 38.5. The van der Waals surface area contributed by atoms with Gasteiger partial charge in [0.25, 0.3) is 0 Å². The number of rotatable bonds is 50. The Morgan fingerprint density at radius 3 is 1.12 bits per heavy atom. The molecule has 0 heterocycles. The van der Waals surface area contributed by atoms with E-state index in [9.17, 15) is 87.2 Å². The van der Waals surface area contributed by atoms with E-state index in [2.05, 4.69) is 76.4 Å². The van der Waals surface area contributed by atoms with E-state index >= 15 is 0 Å². The molecule has 0 saturated heterocycles. The molecular formula is C82H111N15O18S. The molecule has 5 aromatic carbocycles. The first-order chi connectivity index (χ1) is 55.2. The summed E-state index contributed by atoms with van der Waals surface area (Å²) in [6, 6.07) is 22.2. The Balaban J connectivity index is 1.37. The van der Waals surface area contributed by atoms with Crippen molar-refractivity contribution in [2.24, 2.45) is 35.0 Å². The molecule has 0 saturated carbocycles. The van der Waals surface area contributed by atoms with Gasteiger partial charge in [0.2, 0.25) is 76.8 Å². The fraction of sp³-hybridized carbons (Fsp3) is 0.451. The molecular weight excluding hydrogens is 1520 g/mol. The van der Waals surface area contributed by atoms with Gasteiger partial charge in [0.1, 0.15) is 72.2 Å². The van der Waals surface area contributed by atoms with Crippen LogP contribution in [0, 0.1) is 17.8 Å². The molecule has 0 spiro atoms. The minimum atomic E-state index is -1.65. The van der Waals surface area contributed by atoms with Crippen LogP contribution in [0.1, 0.15) is 121 Å². The summed E-state index contributed by atoms with van der Waals surface area (Å²) in [6.45, 7) is 9.47. The van der Waals surface area contributed by atoms with Gasteiger partial charge in [-0.2, -0.15) is 12.6 Å². The number of phenols is 1. The molecule has 628 valence electrons. The molecule has 0 aliphatic heterocycles. The van der Waals surface area contributed by atoms with E-state index in [0.717, 1.165) is 0 Å². The van der Waals surface area contributed by atoms with E-state index < -0.39 is 205 Å². The second kappa shape index (κ2) is 49.1. The molecule has 0 aromatic heterocycles. The van der Waals surface area contributed by atoms with Gasteiger partial charge >= 0.3 is 11.9 Å². The van der Waals surface area contributed by atoms with E-state index in [1.807, 2.05) is 0 Å². The number of nitrogens with one attached hydrogen (secondary N) is 12. The van der Waals surface area contributed by atoms with Crippen LogP contribution in [0.3, 0.4) is 0 Å². The summed E-state index contributed by atoms with van der Waals surface area (Å²) >= 11 is 4.30. The van der Waals surface area contributed by atoms with Gasteiger partial charge in [-0.15, -0.1) is 0 Å². The number of phenolic OH excluding ortho intramolecular Hbond substituents is 1. The average molecular weight is 1630 g/mol. The summed E-state index contributed by atoms with van der Waals surface area (Å²) in [4.78, 5) is 209. The number of carboxylic acids is 2. The maximum atomic E-state index is 15.0. The van der Waals surface area contributed by atoms with Crippen molar-refractivity contribution >= 4 is 101 Å². The zero-order valence-electron chi connectivity index (χ0n) is 66.0. The van der Waals surface area contributed by atoms with Crippen molar-refractivity contribution in [3.05, 3.63) is 173 Å². The lowest BCUT2D eigenvalue weighted by molar-refractivity contribution is -0.143. The maximum absolute atomic E-state index is 15.0. The number of hydrogen-bond acceptors (Lipinski definition) is 19. The van der Waals surface area contributed by atoms with Gasteiger partial charge in [-0.05, 0) is 96.4 Å². The molecule has 21 N–H and O–H groups in total. The monoisotopic (exact) mass is 1630 g/mol. The highest BCUT2D eigenvalue weighted by Gasteiger charge is 2.39. The predicted molar refractivity (Wildman–Crippen MR) is 433 cm³/mol. The summed E-state index contributed by atoms with van der Waals surface area (Å²) in [5, 5.41) is 61.2. The van der Waals surface area contributed by atoms with Gasteiger partial charge in [-0.25, -0.2) is 4.79 Å². The van der Waals surface area contributed by atoms with Gasteiger partial charge in [0.15, 0.2) is 0 Å². The van der Waals surface area contributed by atoms with E-state index in [1.165, 1.54) is 24.3 Å². The second-order valence-corrected chi connectivity index (χ2v) is 29.4. The predicted octanol–water partition coefficient (Wildman–Crippen LogP) is 0.314. The molecule has 33 nitrogen and oxygen atoms in total. The number of thiol groups is 1. The van der Waals surface area contributed by atoms with Gasteiger partial charge < -0.3 is 96.3 Å². The van der Waals surface area contributed by atoms with Crippen LogP contribution < -0.4 is 81.0 Å². The summed E-state index contributed by atoms with van der Waals surface area (Å²) in [7, 11) is 0. The van der Waals surface area contributed by atoms with E-state index in [0.29, 0.717) is 34.2 Å². The zero-order chi connectivity index (χ0) is 85.6. The van der Waals surface area contributed by atoms with Crippen LogP contribution in [0.15, 0.2) is 146 Å². The van der Waals surface area contributed by atoms with Crippen molar-refractivity contribution in [2.75, 3.05) is 18.8 Å². The van der Waals surface area contributed by atoms with Crippen molar-refractivity contribution in [1.82, 2.24) is 63.8 Å². The van der Waals surface area contributed by atoms with Crippen LogP contribution in [-0.4, -0.2) is 195 Å². The number of primary amides is 1. The molecule has 5 aromatic rings. The van der Waals surface area contributed by atoms with Gasteiger partial charge in [0, 0.05) is 50.7 Å². The standard InChI is InChI=1S/C82H111N15O18S/c1-7-49(6)70(97-80(112)69(48(4)5)96-77(109)62(43-54-31-33-55(98)34-32-54)93-78(110)64(46-116)87-66(100)45-86-71(103)59(40-50-22-12-8-13-23-50)94-79(111)68(85)47(2)3)81(113)90-57(35-37-65(84)99)73(105)88-56(30-20-21-39-83)72(104)91-61(42-52-26-16-10-17-27-52)76(108)92-60(41-51-24-14-9-15-25-51)75(107)89-58(36-38-67(101)102)74(106)95-63(82(114)115)44-53-28-18-11-19-29-53/h8-19,22-29,31-34,47-49,56-64,68-70,98,116H,7,20-21,30,35-46,83,85H2,1-6H3,(H2,84,99)(H,86,103)(H,87,100)(H,88,105)(H,89,107)(H,90,113)(H,91,104)(H,92,108)(H,93,110)(H,94,111)(H,95,106)(H,96,109)(H,97,112)(H,101,102)(H,114,115)/t49-,56-,57-,58-,59-,60-,61-,62-,63-,64-,68-,69-,70-/m0/s1. The van der Waals surface area contributed by atoms with Crippen molar-refractivity contribution in [3.63, 3.8) is 0 Å². The number of aliphatic carboxylic acids is 2. The third kappa shape index (κ3) is 33.0. The Kier molecular flexibility index (Phi) is 40.1. The third-order valence-electron chi connectivity index (χ3n) is 19.1. The molecule has 0 aliphatic carbocycles.